The van der Waals surface area contributed by atoms with Crippen molar-refractivity contribution in [3.63, 3.8) is 0 Å². The zero-order valence-corrected chi connectivity index (χ0v) is 26.9. The molecule has 1 aromatic heterocycles. The number of fused-ring (bicyclic) bond motifs is 4. The minimum atomic E-state index is -0.675. The van der Waals surface area contributed by atoms with Gasteiger partial charge in [0.25, 0.3) is 0 Å². The van der Waals surface area contributed by atoms with Crippen LogP contribution in [0, 0.1) is 5.92 Å². The van der Waals surface area contributed by atoms with Gasteiger partial charge in [0.1, 0.15) is 6.04 Å². The highest BCUT2D eigenvalue weighted by molar-refractivity contribution is 7.15. The Kier molecular flexibility index (Phi) is 9.43. The summed E-state index contributed by atoms with van der Waals surface area (Å²) in [5, 5.41) is 9.87. The van der Waals surface area contributed by atoms with E-state index in [4.69, 9.17) is 14.2 Å². The third-order valence-electron chi connectivity index (χ3n) is 8.55. The molecule has 2 amide bonds. The van der Waals surface area contributed by atoms with E-state index in [9.17, 15) is 14.4 Å². The number of thiazole rings is 1. The Balaban J connectivity index is 1.59. The van der Waals surface area contributed by atoms with Crippen molar-refractivity contribution in [2.75, 3.05) is 32.0 Å². The summed E-state index contributed by atoms with van der Waals surface area (Å²) >= 11 is 1.52. The number of carbonyl (C=O) groups is 2. The molecule has 44 heavy (non-hydrogen) atoms. The molecule has 0 radical (unpaired) electrons. The second kappa shape index (κ2) is 13.3. The minimum absolute atomic E-state index is 0.0748. The van der Waals surface area contributed by atoms with Gasteiger partial charge in [-0.1, -0.05) is 26.3 Å². The van der Waals surface area contributed by atoms with Gasteiger partial charge in [-0.05, 0) is 72.9 Å². The highest BCUT2D eigenvalue weighted by Gasteiger charge is 2.31. The van der Waals surface area contributed by atoms with Gasteiger partial charge in [0.05, 0.1) is 38.8 Å². The average Bonchev–Trinajstić information content (AvgIpc) is 3.52. The number of methoxy groups -OCH3 is 3. The van der Waals surface area contributed by atoms with E-state index in [0.29, 0.717) is 40.8 Å². The molecule has 3 aromatic rings. The molecule has 0 fully saturated rings. The number of benzene rings is 1. The lowest BCUT2D eigenvalue weighted by Gasteiger charge is -2.23. The van der Waals surface area contributed by atoms with Crippen molar-refractivity contribution in [3.05, 3.63) is 56.2 Å². The fraction of sp³-hybridized carbons (Fsp3) is 0.455. The van der Waals surface area contributed by atoms with Crippen molar-refractivity contribution in [2.24, 2.45) is 5.92 Å². The van der Waals surface area contributed by atoms with Crippen molar-refractivity contribution < 1.29 is 23.8 Å². The maximum Gasteiger partial charge on any atom is 0.248 e. The molecule has 0 unspecified atom stereocenters. The molecule has 2 aliphatic carbocycles. The molecule has 0 bridgehead atoms. The summed E-state index contributed by atoms with van der Waals surface area (Å²) in [6.07, 6.45) is 4.91. The summed E-state index contributed by atoms with van der Waals surface area (Å²) in [6, 6.07) is 5.93. The first-order valence-electron chi connectivity index (χ1n) is 15.0. The van der Waals surface area contributed by atoms with Gasteiger partial charge < -0.3 is 30.2 Å². The van der Waals surface area contributed by atoms with Gasteiger partial charge in [0.2, 0.25) is 23.0 Å². The van der Waals surface area contributed by atoms with Crippen molar-refractivity contribution in [1.29, 1.82) is 0 Å². The van der Waals surface area contributed by atoms with Crippen LogP contribution in [0.15, 0.2) is 29.1 Å². The SMILES string of the molecule is CC[C@H](C)[C@@H](Nc1ccc2c(cc1=O)[C@H](NC(C)=O)CCc1cc(OC)c(OC)c(OC)c1-2)C(=O)Nc1nc2c(s1)CCC2. The number of aryl methyl sites for hydroxylation is 3. The van der Waals surface area contributed by atoms with Crippen molar-refractivity contribution in [2.45, 2.75) is 71.4 Å². The minimum Gasteiger partial charge on any atom is -0.493 e. The van der Waals surface area contributed by atoms with Crippen LogP contribution >= 0.6 is 11.3 Å². The standard InChI is InChI=1S/C33H40N4O6S/c1-7-17(2)29(32(40)37-33-36-24-9-8-10-27(24)44-33)35-23-14-12-20-21(16-25(23)39)22(34-18(3)38)13-11-19-15-26(41-4)30(42-5)31(43-6)28(19)20/h12,14-17,22,29H,7-11,13H2,1-6H3,(H,34,38)(H,35,39)(H,36,37,40)/t17-,22+,29+/m0/s1. The van der Waals surface area contributed by atoms with Crippen LogP contribution in [0.1, 0.15) is 67.8 Å². The Morgan fingerprint density at radius 3 is 2.50 bits per heavy atom. The number of hydrogen-bond acceptors (Lipinski definition) is 9. The summed E-state index contributed by atoms with van der Waals surface area (Å²) in [7, 11) is 4.68. The summed E-state index contributed by atoms with van der Waals surface area (Å²) < 4.78 is 17.2. The zero-order valence-electron chi connectivity index (χ0n) is 26.1. The Labute approximate surface area is 261 Å². The average molecular weight is 621 g/mol. The fourth-order valence-corrected chi connectivity index (χ4v) is 7.18. The zero-order chi connectivity index (χ0) is 31.5. The lowest BCUT2D eigenvalue weighted by molar-refractivity contribution is -0.120. The Hall–Kier alpha value is -4.12. The van der Waals surface area contributed by atoms with Crippen molar-refractivity contribution in [3.8, 4) is 28.4 Å². The van der Waals surface area contributed by atoms with E-state index in [1.54, 1.807) is 33.5 Å². The van der Waals surface area contributed by atoms with E-state index in [1.807, 2.05) is 26.0 Å². The molecular formula is C33H40N4O6S. The monoisotopic (exact) mass is 620 g/mol. The molecule has 1 heterocycles. The second-order valence-electron chi connectivity index (χ2n) is 11.3. The number of nitrogens with zero attached hydrogens (tertiary/aromatic N) is 1. The predicted molar refractivity (Wildman–Crippen MR) is 172 cm³/mol. The van der Waals surface area contributed by atoms with Crippen LogP contribution in [-0.2, 0) is 28.9 Å². The van der Waals surface area contributed by atoms with Gasteiger partial charge in [0, 0.05) is 17.4 Å². The molecule has 0 saturated heterocycles. The Morgan fingerprint density at radius 1 is 1.07 bits per heavy atom. The number of aromatic nitrogens is 1. The third-order valence-corrected chi connectivity index (χ3v) is 9.62. The molecule has 3 atom stereocenters. The number of nitrogens with one attached hydrogen (secondary N) is 3. The quantitative estimate of drug-likeness (QED) is 0.280. The molecule has 0 aliphatic heterocycles. The summed E-state index contributed by atoms with van der Waals surface area (Å²) in [5.74, 6) is 0.933. The highest BCUT2D eigenvalue weighted by atomic mass is 32.1. The summed E-state index contributed by atoms with van der Waals surface area (Å²) in [5.41, 5.74) is 4.14. The van der Waals surface area contributed by atoms with Crippen LogP contribution in [0.3, 0.4) is 0 Å². The van der Waals surface area contributed by atoms with Gasteiger partial charge in [-0.15, -0.1) is 11.3 Å². The largest absolute Gasteiger partial charge is 0.493 e. The topological polar surface area (TPSA) is 128 Å². The molecule has 2 aromatic carbocycles. The van der Waals surface area contributed by atoms with E-state index in [1.165, 1.54) is 23.1 Å². The van der Waals surface area contributed by atoms with E-state index in [-0.39, 0.29) is 28.8 Å². The highest BCUT2D eigenvalue weighted by Crippen LogP contribution is 2.50. The van der Waals surface area contributed by atoms with Gasteiger partial charge in [-0.3, -0.25) is 14.4 Å². The number of carbonyl (C=O) groups excluding carboxylic acids is 2. The Morgan fingerprint density at radius 2 is 1.84 bits per heavy atom. The molecule has 234 valence electrons. The van der Waals surface area contributed by atoms with Gasteiger partial charge in [0.15, 0.2) is 16.6 Å². The van der Waals surface area contributed by atoms with Crippen LogP contribution in [-0.4, -0.2) is 44.2 Å². The first kappa shape index (κ1) is 31.3. The van der Waals surface area contributed by atoms with Gasteiger partial charge >= 0.3 is 0 Å². The molecule has 10 nitrogen and oxygen atoms in total. The van der Waals surface area contributed by atoms with Crippen LogP contribution in [0.25, 0.3) is 11.1 Å². The van der Waals surface area contributed by atoms with Crippen molar-refractivity contribution >= 4 is 34.0 Å². The number of rotatable bonds is 10. The van der Waals surface area contributed by atoms with Gasteiger partial charge in [-0.25, -0.2) is 4.98 Å². The fourth-order valence-electron chi connectivity index (χ4n) is 6.12. The van der Waals surface area contributed by atoms with Crippen LogP contribution in [0.2, 0.25) is 0 Å². The second-order valence-corrected chi connectivity index (χ2v) is 12.4. The van der Waals surface area contributed by atoms with Crippen LogP contribution in [0.5, 0.6) is 17.2 Å². The van der Waals surface area contributed by atoms with E-state index >= 15 is 0 Å². The van der Waals surface area contributed by atoms with Crippen LogP contribution in [0.4, 0.5) is 10.8 Å². The number of anilines is 2. The molecule has 2 aliphatic rings. The maximum absolute atomic E-state index is 13.9. The lowest BCUT2D eigenvalue weighted by atomic mass is 9.95. The summed E-state index contributed by atoms with van der Waals surface area (Å²) in [4.78, 5) is 45.6. The first-order valence-corrected chi connectivity index (χ1v) is 15.8. The molecule has 0 spiro atoms. The van der Waals surface area contributed by atoms with E-state index in [2.05, 4.69) is 20.9 Å². The number of amides is 2. The molecule has 3 N–H and O–H groups in total. The lowest BCUT2D eigenvalue weighted by Crippen LogP contribution is -2.40. The Bertz CT molecular complexity index is 1620. The molecule has 11 heteroatoms. The maximum atomic E-state index is 13.9. The normalized spacial score (nSPS) is 16.4. The van der Waals surface area contributed by atoms with E-state index < -0.39 is 12.1 Å². The predicted octanol–water partition coefficient (Wildman–Crippen LogP) is 5.27. The van der Waals surface area contributed by atoms with Crippen LogP contribution < -0.4 is 35.6 Å². The van der Waals surface area contributed by atoms with Gasteiger partial charge in [-0.2, -0.15) is 0 Å². The summed E-state index contributed by atoms with van der Waals surface area (Å²) in [6.45, 7) is 5.46. The van der Waals surface area contributed by atoms with Crippen molar-refractivity contribution in [1.82, 2.24) is 10.3 Å². The number of ether oxygens (including phenoxy) is 3. The molecule has 0 saturated carbocycles. The number of hydrogen-bond donors (Lipinski definition) is 3. The smallest absolute Gasteiger partial charge is 0.248 e. The van der Waals surface area contributed by atoms with E-state index in [0.717, 1.165) is 48.1 Å². The first-order chi connectivity index (χ1) is 21.2. The molecule has 5 rings (SSSR count). The molecular weight excluding hydrogens is 580 g/mol. The third kappa shape index (κ3) is 6.10.